The maximum absolute atomic E-state index is 13.0. The van der Waals surface area contributed by atoms with E-state index in [1.54, 1.807) is 19.9 Å². The molecule has 0 aliphatic rings. The van der Waals surface area contributed by atoms with Gasteiger partial charge in [0.05, 0.1) is 5.60 Å². The van der Waals surface area contributed by atoms with Crippen molar-refractivity contribution in [3.8, 4) is 0 Å². The van der Waals surface area contributed by atoms with Crippen molar-refractivity contribution in [2.24, 2.45) is 0 Å². The summed E-state index contributed by atoms with van der Waals surface area (Å²) in [5, 5.41) is 13.0. The largest absolute Gasteiger partial charge is 0.389 e. The number of hydrogen-bond donors (Lipinski definition) is 2. The maximum Gasteiger partial charge on any atom is 0.123 e. The third-order valence-electron chi connectivity index (χ3n) is 2.91. The number of aliphatic hydroxyl groups is 1. The molecule has 0 spiro atoms. The molecule has 1 rings (SSSR count). The summed E-state index contributed by atoms with van der Waals surface area (Å²) in [4.78, 5) is 0. The van der Waals surface area contributed by atoms with E-state index in [0.29, 0.717) is 0 Å². The molecule has 0 radical (unpaired) electrons. The van der Waals surface area contributed by atoms with Gasteiger partial charge in [0.2, 0.25) is 0 Å². The minimum Gasteiger partial charge on any atom is -0.389 e. The molecule has 0 saturated heterocycles. The lowest BCUT2D eigenvalue weighted by atomic mass is 9.98. The van der Waals surface area contributed by atoms with Crippen LogP contribution in [0.5, 0.6) is 0 Å². The number of hydrogen-bond acceptors (Lipinski definition) is 2. The summed E-state index contributed by atoms with van der Waals surface area (Å²) >= 11 is 0. The van der Waals surface area contributed by atoms with Gasteiger partial charge in [-0.05, 0) is 45.4 Å². The quantitative estimate of drug-likeness (QED) is 0.825. The zero-order valence-corrected chi connectivity index (χ0v) is 10.3. The molecular formula is C13H20FNO. The van der Waals surface area contributed by atoms with Crippen LogP contribution >= 0.6 is 0 Å². The first-order valence-electron chi connectivity index (χ1n) is 5.54. The van der Waals surface area contributed by atoms with Crippen molar-refractivity contribution < 1.29 is 9.50 Å². The zero-order chi connectivity index (χ0) is 12.3. The Balaban J connectivity index is 2.69. The standard InChI is InChI=1S/C13H20FNO/c1-9(15-10(2)13(3,4)16)11-6-5-7-12(14)8-11/h5-10,15-16H,1-4H3/t9-,10?/m0/s1. The second-order valence-corrected chi connectivity index (χ2v) is 4.82. The summed E-state index contributed by atoms with van der Waals surface area (Å²) in [6.07, 6.45) is 0. The molecule has 0 aliphatic heterocycles. The minimum atomic E-state index is -0.790. The molecule has 1 aromatic carbocycles. The molecule has 0 saturated carbocycles. The van der Waals surface area contributed by atoms with E-state index in [1.165, 1.54) is 12.1 Å². The summed E-state index contributed by atoms with van der Waals surface area (Å²) in [5.41, 5.74) is 0.0952. The molecule has 0 heterocycles. The fourth-order valence-corrected chi connectivity index (χ4v) is 1.45. The summed E-state index contributed by atoms with van der Waals surface area (Å²) < 4.78 is 13.0. The summed E-state index contributed by atoms with van der Waals surface area (Å²) in [7, 11) is 0. The first-order valence-corrected chi connectivity index (χ1v) is 5.54. The van der Waals surface area contributed by atoms with Crippen LogP contribution < -0.4 is 5.32 Å². The molecule has 90 valence electrons. The van der Waals surface area contributed by atoms with E-state index in [4.69, 9.17) is 0 Å². The number of rotatable bonds is 4. The Morgan fingerprint density at radius 1 is 1.31 bits per heavy atom. The lowest BCUT2D eigenvalue weighted by Gasteiger charge is -2.30. The second-order valence-electron chi connectivity index (χ2n) is 4.82. The number of nitrogens with one attached hydrogen (secondary N) is 1. The monoisotopic (exact) mass is 225 g/mol. The fourth-order valence-electron chi connectivity index (χ4n) is 1.45. The van der Waals surface area contributed by atoms with Crippen molar-refractivity contribution in [1.29, 1.82) is 0 Å². The topological polar surface area (TPSA) is 32.3 Å². The van der Waals surface area contributed by atoms with Crippen molar-refractivity contribution in [2.45, 2.75) is 45.4 Å². The van der Waals surface area contributed by atoms with Crippen LogP contribution in [0.4, 0.5) is 4.39 Å². The molecule has 2 atom stereocenters. The van der Waals surface area contributed by atoms with Crippen LogP contribution in [-0.4, -0.2) is 16.7 Å². The maximum atomic E-state index is 13.0. The van der Waals surface area contributed by atoms with Gasteiger partial charge in [0.25, 0.3) is 0 Å². The van der Waals surface area contributed by atoms with Gasteiger partial charge in [-0.25, -0.2) is 4.39 Å². The third kappa shape index (κ3) is 3.58. The van der Waals surface area contributed by atoms with Crippen molar-refractivity contribution in [1.82, 2.24) is 5.32 Å². The van der Waals surface area contributed by atoms with E-state index in [-0.39, 0.29) is 17.9 Å². The van der Waals surface area contributed by atoms with Gasteiger partial charge in [-0.3, -0.25) is 0 Å². The van der Waals surface area contributed by atoms with Crippen LogP contribution in [-0.2, 0) is 0 Å². The minimum absolute atomic E-state index is 0.0112. The molecule has 0 fully saturated rings. The van der Waals surface area contributed by atoms with Gasteiger partial charge in [0, 0.05) is 12.1 Å². The Bertz CT molecular complexity index is 346. The Hall–Kier alpha value is -0.930. The molecule has 0 bridgehead atoms. The lowest BCUT2D eigenvalue weighted by Crippen LogP contribution is -2.45. The molecule has 1 unspecified atom stereocenters. The second kappa shape index (κ2) is 4.93. The molecule has 0 amide bonds. The van der Waals surface area contributed by atoms with Gasteiger partial charge in [0.15, 0.2) is 0 Å². The van der Waals surface area contributed by atoms with E-state index < -0.39 is 5.60 Å². The first kappa shape index (κ1) is 13.1. The normalized spacial score (nSPS) is 15.9. The number of benzene rings is 1. The van der Waals surface area contributed by atoms with Crippen molar-refractivity contribution in [3.05, 3.63) is 35.6 Å². The van der Waals surface area contributed by atoms with Gasteiger partial charge in [-0.15, -0.1) is 0 Å². The van der Waals surface area contributed by atoms with Gasteiger partial charge >= 0.3 is 0 Å². The number of halogens is 1. The fraction of sp³-hybridized carbons (Fsp3) is 0.538. The smallest absolute Gasteiger partial charge is 0.123 e. The van der Waals surface area contributed by atoms with Crippen molar-refractivity contribution in [3.63, 3.8) is 0 Å². The summed E-state index contributed by atoms with van der Waals surface area (Å²) in [6.45, 7) is 7.37. The van der Waals surface area contributed by atoms with E-state index in [1.807, 2.05) is 19.9 Å². The molecule has 2 N–H and O–H groups in total. The zero-order valence-electron chi connectivity index (χ0n) is 10.3. The average molecular weight is 225 g/mol. The molecule has 0 aliphatic carbocycles. The Labute approximate surface area is 96.5 Å². The van der Waals surface area contributed by atoms with Crippen LogP contribution in [0.2, 0.25) is 0 Å². The van der Waals surface area contributed by atoms with Crippen LogP contribution in [0.15, 0.2) is 24.3 Å². The summed E-state index contributed by atoms with van der Waals surface area (Å²) in [5.74, 6) is -0.234. The molecule has 16 heavy (non-hydrogen) atoms. The molecule has 2 nitrogen and oxygen atoms in total. The van der Waals surface area contributed by atoms with E-state index in [9.17, 15) is 9.50 Å². The van der Waals surface area contributed by atoms with Crippen LogP contribution in [0.3, 0.4) is 0 Å². The first-order chi connectivity index (χ1) is 7.30. The van der Waals surface area contributed by atoms with Crippen LogP contribution in [0.1, 0.15) is 39.3 Å². The highest BCUT2D eigenvalue weighted by molar-refractivity contribution is 5.19. The van der Waals surface area contributed by atoms with E-state index in [0.717, 1.165) is 5.56 Å². The van der Waals surface area contributed by atoms with Gasteiger partial charge in [-0.1, -0.05) is 12.1 Å². The average Bonchev–Trinajstić information content (AvgIpc) is 2.16. The highest BCUT2D eigenvalue weighted by Crippen LogP contribution is 2.17. The van der Waals surface area contributed by atoms with Gasteiger partial charge < -0.3 is 10.4 Å². The van der Waals surface area contributed by atoms with E-state index in [2.05, 4.69) is 5.32 Å². The highest BCUT2D eigenvalue weighted by Gasteiger charge is 2.23. The Morgan fingerprint density at radius 2 is 1.94 bits per heavy atom. The van der Waals surface area contributed by atoms with Crippen molar-refractivity contribution >= 4 is 0 Å². The highest BCUT2D eigenvalue weighted by atomic mass is 19.1. The van der Waals surface area contributed by atoms with Crippen LogP contribution in [0, 0.1) is 5.82 Å². The van der Waals surface area contributed by atoms with E-state index >= 15 is 0 Å². The Kier molecular flexibility index (Phi) is 4.05. The molecular weight excluding hydrogens is 205 g/mol. The van der Waals surface area contributed by atoms with Gasteiger partial charge in [0.1, 0.15) is 5.82 Å². The summed E-state index contributed by atoms with van der Waals surface area (Å²) in [6, 6.07) is 6.45. The lowest BCUT2D eigenvalue weighted by molar-refractivity contribution is 0.0405. The third-order valence-corrected chi connectivity index (χ3v) is 2.91. The molecule has 3 heteroatoms. The predicted molar refractivity (Wildman–Crippen MR) is 63.7 cm³/mol. The molecule has 1 aromatic rings. The predicted octanol–water partition coefficient (Wildman–Crippen LogP) is 2.64. The van der Waals surface area contributed by atoms with Crippen molar-refractivity contribution in [2.75, 3.05) is 0 Å². The Morgan fingerprint density at radius 3 is 2.44 bits per heavy atom. The van der Waals surface area contributed by atoms with Crippen LogP contribution in [0.25, 0.3) is 0 Å². The van der Waals surface area contributed by atoms with Gasteiger partial charge in [-0.2, -0.15) is 0 Å². The SMILES string of the molecule is CC(N[C@@H](C)c1cccc(F)c1)C(C)(C)O. The molecule has 0 aromatic heterocycles.